The van der Waals surface area contributed by atoms with E-state index in [1.54, 1.807) is 20.8 Å². The maximum absolute atomic E-state index is 11.6. The minimum Gasteiger partial charge on any atom is -0.324 e. The quantitative estimate of drug-likeness (QED) is 0.838. The van der Waals surface area contributed by atoms with Gasteiger partial charge in [0.2, 0.25) is 5.91 Å². The number of nitrogens with one attached hydrogen (secondary N) is 1. The molecule has 0 aliphatic carbocycles. The predicted molar refractivity (Wildman–Crippen MR) is 65.4 cm³/mol. The van der Waals surface area contributed by atoms with Crippen LogP contribution < -0.4 is 5.32 Å². The van der Waals surface area contributed by atoms with Gasteiger partial charge in [0.1, 0.15) is 0 Å². The number of anilines is 1. The molecule has 1 aromatic heterocycles. The molecule has 0 aromatic carbocycles. The topological polar surface area (TPSA) is 76.1 Å². The van der Waals surface area contributed by atoms with Crippen LogP contribution in [0.3, 0.4) is 0 Å². The number of carbonyl (C=O) groups excluding carboxylic acids is 1. The molecule has 0 radical (unpaired) electrons. The van der Waals surface area contributed by atoms with Gasteiger partial charge in [-0.2, -0.15) is 0 Å². The lowest BCUT2D eigenvalue weighted by atomic mass is 9.96. The van der Waals surface area contributed by atoms with Crippen molar-refractivity contribution in [2.24, 2.45) is 5.41 Å². The molecule has 0 bridgehead atoms. The number of carbonyl (C=O) groups is 1. The van der Waals surface area contributed by atoms with E-state index in [2.05, 4.69) is 10.3 Å². The van der Waals surface area contributed by atoms with Gasteiger partial charge in [-0.25, -0.2) is 13.4 Å². The van der Waals surface area contributed by atoms with Gasteiger partial charge < -0.3 is 5.32 Å². The number of amides is 1. The summed E-state index contributed by atoms with van der Waals surface area (Å²) < 4.78 is 21.9. The predicted octanol–water partition coefficient (Wildman–Crippen LogP) is 1.99. The average Bonchev–Trinajstić information content (AvgIpc) is 2.15. The van der Waals surface area contributed by atoms with Crippen LogP contribution in [0.4, 0.5) is 5.69 Å². The molecule has 5 nitrogen and oxygen atoms in total. The first-order chi connectivity index (χ1) is 7.60. The molecule has 0 aliphatic heterocycles. The summed E-state index contributed by atoms with van der Waals surface area (Å²) in [6.07, 6.45) is 1.25. The van der Waals surface area contributed by atoms with Crippen LogP contribution in [-0.2, 0) is 13.8 Å². The second-order valence-corrected chi connectivity index (χ2v) is 7.04. The standard InChI is InChI=1S/C10H13ClN2O3S/c1-10(2,3)9(14)13-7-4-5-8(12-6-7)17(11,15)16/h4-6H,1-3H3,(H,13,14). The van der Waals surface area contributed by atoms with E-state index in [0.717, 1.165) is 0 Å². The molecule has 1 aromatic rings. The highest BCUT2D eigenvalue weighted by Gasteiger charge is 2.21. The third kappa shape index (κ3) is 3.98. The van der Waals surface area contributed by atoms with Gasteiger partial charge in [-0.05, 0) is 12.1 Å². The molecule has 17 heavy (non-hydrogen) atoms. The Morgan fingerprint density at radius 3 is 2.29 bits per heavy atom. The van der Waals surface area contributed by atoms with Crippen LogP contribution in [0.2, 0.25) is 0 Å². The second-order valence-electron chi connectivity index (χ2n) is 4.53. The summed E-state index contributed by atoms with van der Waals surface area (Å²) in [6, 6.07) is 2.67. The van der Waals surface area contributed by atoms with Crippen molar-refractivity contribution in [1.82, 2.24) is 4.98 Å². The maximum atomic E-state index is 11.6. The minimum absolute atomic E-state index is 0.180. The Morgan fingerprint density at radius 1 is 1.35 bits per heavy atom. The Labute approximate surface area is 105 Å². The van der Waals surface area contributed by atoms with Crippen molar-refractivity contribution >= 4 is 31.3 Å². The van der Waals surface area contributed by atoms with Gasteiger partial charge in [0.05, 0.1) is 11.9 Å². The zero-order valence-electron chi connectivity index (χ0n) is 9.69. The van der Waals surface area contributed by atoms with Crippen molar-refractivity contribution in [3.05, 3.63) is 18.3 Å². The molecule has 1 amide bonds. The molecule has 0 aliphatic rings. The number of rotatable bonds is 2. The van der Waals surface area contributed by atoms with Crippen molar-refractivity contribution in [1.29, 1.82) is 0 Å². The van der Waals surface area contributed by atoms with E-state index in [9.17, 15) is 13.2 Å². The maximum Gasteiger partial charge on any atom is 0.278 e. The summed E-state index contributed by atoms with van der Waals surface area (Å²) in [5.41, 5.74) is -0.106. The number of nitrogens with zero attached hydrogens (tertiary/aromatic N) is 1. The number of halogens is 1. The third-order valence-corrected chi connectivity index (χ3v) is 3.14. The number of aromatic nitrogens is 1. The average molecular weight is 277 g/mol. The van der Waals surface area contributed by atoms with Crippen LogP contribution >= 0.6 is 10.7 Å². The number of pyridine rings is 1. The van der Waals surface area contributed by atoms with Crippen LogP contribution in [0.25, 0.3) is 0 Å². The normalized spacial score (nSPS) is 12.2. The molecular formula is C10H13ClN2O3S. The van der Waals surface area contributed by atoms with Crippen molar-refractivity contribution < 1.29 is 13.2 Å². The fraction of sp³-hybridized carbons (Fsp3) is 0.400. The van der Waals surface area contributed by atoms with Gasteiger partial charge in [0, 0.05) is 16.1 Å². The molecule has 1 N–H and O–H groups in total. The summed E-state index contributed by atoms with van der Waals surface area (Å²) in [6.45, 7) is 5.31. The van der Waals surface area contributed by atoms with Gasteiger partial charge >= 0.3 is 0 Å². The number of hydrogen-bond acceptors (Lipinski definition) is 4. The first-order valence-electron chi connectivity index (χ1n) is 4.83. The summed E-state index contributed by atoms with van der Waals surface area (Å²) >= 11 is 0. The van der Waals surface area contributed by atoms with E-state index in [0.29, 0.717) is 5.69 Å². The monoisotopic (exact) mass is 276 g/mol. The van der Waals surface area contributed by atoms with Crippen LogP contribution in [0, 0.1) is 5.41 Å². The van der Waals surface area contributed by atoms with Crippen molar-refractivity contribution in [2.45, 2.75) is 25.8 Å². The largest absolute Gasteiger partial charge is 0.324 e. The third-order valence-electron chi connectivity index (χ3n) is 1.93. The molecule has 0 saturated heterocycles. The Hall–Kier alpha value is -1.14. The van der Waals surface area contributed by atoms with Crippen molar-refractivity contribution in [3.8, 4) is 0 Å². The summed E-state index contributed by atoms with van der Waals surface area (Å²) in [5, 5.41) is 2.38. The van der Waals surface area contributed by atoms with E-state index in [1.165, 1.54) is 18.3 Å². The van der Waals surface area contributed by atoms with E-state index in [4.69, 9.17) is 10.7 Å². The first-order valence-corrected chi connectivity index (χ1v) is 7.14. The van der Waals surface area contributed by atoms with Crippen molar-refractivity contribution in [2.75, 3.05) is 5.32 Å². The van der Waals surface area contributed by atoms with Crippen LogP contribution in [0.15, 0.2) is 23.4 Å². The molecule has 1 rings (SSSR count). The lowest BCUT2D eigenvalue weighted by molar-refractivity contribution is -0.123. The molecular weight excluding hydrogens is 264 g/mol. The fourth-order valence-corrected chi connectivity index (χ4v) is 1.60. The molecule has 0 atom stereocenters. The Balaban J connectivity index is 2.87. The van der Waals surface area contributed by atoms with Gasteiger partial charge in [0.15, 0.2) is 5.03 Å². The molecule has 0 fully saturated rings. The van der Waals surface area contributed by atoms with Gasteiger partial charge in [0.25, 0.3) is 9.05 Å². The Morgan fingerprint density at radius 2 is 1.94 bits per heavy atom. The smallest absolute Gasteiger partial charge is 0.278 e. The second kappa shape index (κ2) is 4.62. The van der Waals surface area contributed by atoms with E-state index in [-0.39, 0.29) is 10.9 Å². The Bertz CT molecular complexity index is 517. The highest BCUT2D eigenvalue weighted by molar-refractivity contribution is 8.13. The van der Waals surface area contributed by atoms with Crippen LogP contribution in [0.1, 0.15) is 20.8 Å². The zero-order valence-corrected chi connectivity index (χ0v) is 11.3. The lowest BCUT2D eigenvalue weighted by Gasteiger charge is -2.17. The molecule has 0 unspecified atom stereocenters. The fourth-order valence-electron chi connectivity index (χ4n) is 0.917. The summed E-state index contributed by atoms with van der Waals surface area (Å²) in [4.78, 5) is 15.3. The summed E-state index contributed by atoms with van der Waals surface area (Å²) in [5.74, 6) is -0.180. The van der Waals surface area contributed by atoms with E-state index in [1.807, 2.05) is 0 Å². The summed E-state index contributed by atoms with van der Waals surface area (Å²) in [7, 11) is 1.28. The van der Waals surface area contributed by atoms with Gasteiger partial charge in [-0.1, -0.05) is 20.8 Å². The Kier molecular flexibility index (Phi) is 3.78. The van der Waals surface area contributed by atoms with Gasteiger partial charge in [-0.15, -0.1) is 0 Å². The van der Waals surface area contributed by atoms with E-state index >= 15 is 0 Å². The lowest BCUT2D eigenvalue weighted by Crippen LogP contribution is -2.27. The van der Waals surface area contributed by atoms with Crippen molar-refractivity contribution in [3.63, 3.8) is 0 Å². The first kappa shape index (κ1) is 13.9. The van der Waals surface area contributed by atoms with Crippen LogP contribution in [0.5, 0.6) is 0 Å². The van der Waals surface area contributed by atoms with E-state index < -0.39 is 14.5 Å². The molecule has 0 saturated carbocycles. The molecule has 0 spiro atoms. The molecule has 1 heterocycles. The van der Waals surface area contributed by atoms with Crippen LogP contribution in [-0.4, -0.2) is 19.3 Å². The zero-order chi connectivity index (χ0) is 13.3. The SMILES string of the molecule is CC(C)(C)C(=O)Nc1ccc(S(=O)(=O)Cl)nc1. The number of hydrogen-bond donors (Lipinski definition) is 1. The molecule has 7 heteroatoms. The van der Waals surface area contributed by atoms with Gasteiger partial charge in [-0.3, -0.25) is 4.79 Å². The minimum atomic E-state index is -3.83. The highest BCUT2D eigenvalue weighted by Crippen LogP contribution is 2.18. The highest BCUT2D eigenvalue weighted by atomic mass is 35.7. The molecule has 94 valence electrons.